The molecule has 0 bridgehead atoms. The molecule has 1 aromatic carbocycles. The minimum atomic E-state index is -4.93. The number of benzene rings is 1. The predicted molar refractivity (Wildman–Crippen MR) is 83.4 cm³/mol. The summed E-state index contributed by atoms with van der Waals surface area (Å²) in [5.74, 6) is -0.484. The Hall–Kier alpha value is -2.41. The van der Waals surface area contributed by atoms with E-state index in [-0.39, 0.29) is 21.6 Å². The van der Waals surface area contributed by atoms with E-state index in [1.807, 2.05) is 0 Å². The maximum absolute atomic E-state index is 12.1. The molecule has 0 saturated heterocycles. The summed E-state index contributed by atoms with van der Waals surface area (Å²) in [6.07, 6.45) is 1.39. The normalized spacial score (nSPS) is 10.9. The number of pyridine rings is 1. The molecule has 0 fully saturated rings. The summed E-state index contributed by atoms with van der Waals surface area (Å²) in [6, 6.07) is 8.25. The van der Waals surface area contributed by atoms with Gasteiger partial charge in [0, 0.05) is 0 Å². The van der Waals surface area contributed by atoms with Gasteiger partial charge in [-0.15, -0.1) is 0 Å². The topological polar surface area (TPSA) is 129 Å². The molecule has 8 nitrogen and oxygen atoms in total. The third-order valence-corrected chi connectivity index (χ3v) is 4.82. The van der Waals surface area contributed by atoms with Crippen LogP contribution in [0.4, 0.5) is 11.5 Å². The van der Waals surface area contributed by atoms with Crippen molar-refractivity contribution in [2.24, 2.45) is 0 Å². The van der Waals surface area contributed by atoms with E-state index in [0.717, 1.165) is 0 Å². The molecule has 1 aromatic heterocycles. The number of aromatic nitrogens is 1. The average Bonchev–Trinajstić information content (AvgIpc) is 2.46. The van der Waals surface area contributed by atoms with Crippen LogP contribution >= 0.6 is 0 Å². The quantitative estimate of drug-likeness (QED) is 0.547. The van der Waals surface area contributed by atoms with Crippen LogP contribution in [0.1, 0.15) is 17.3 Å². The third-order valence-electron chi connectivity index (χ3n) is 2.79. The van der Waals surface area contributed by atoms with Gasteiger partial charge in [-0.25, -0.2) is 0 Å². The zero-order chi connectivity index (χ0) is 17.0. The van der Waals surface area contributed by atoms with Gasteiger partial charge in [0.2, 0.25) is 0 Å². The third kappa shape index (κ3) is 4.78. The van der Waals surface area contributed by atoms with Crippen LogP contribution in [-0.2, 0) is 8.53 Å². The molecule has 2 rings (SSSR count). The summed E-state index contributed by atoms with van der Waals surface area (Å²) < 4.78 is 29.2. The molecule has 0 aliphatic rings. The second-order valence-corrected chi connectivity index (χ2v) is 8.02. The molecule has 120 valence electrons. The summed E-state index contributed by atoms with van der Waals surface area (Å²) in [6.45, 7) is 1.33. The minimum absolute atomic E-state index is 0.0713. The van der Waals surface area contributed by atoms with Gasteiger partial charge < -0.3 is 0 Å². The molecule has 0 radical (unpaired) electrons. The average molecular weight is 379 g/mol. The first-order valence-electron chi connectivity index (χ1n) is 6.47. The van der Waals surface area contributed by atoms with Gasteiger partial charge in [0.1, 0.15) is 0 Å². The van der Waals surface area contributed by atoms with Gasteiger partial charge >= 0.3 is 134 Å². The molecule has 0 spiro atoms. The number of amides is 2. The second-order valence-electron chi connectivity index (χ2n) is 4.66. The van der Waals surface area contributed by atoms with Crippen molar-refractivity contribution >= 4 is 41.8 Å². The van der Waals surface area contributed by atoms with Crippen LogP contribution in [0.25, 0.3) is 0 Å². The Morgan fingerprint density at radius 2 is 1.74 bits per heavy atom. The molecule has 23 heavy (non-hydrogen) atoms. The first kappa shape index (κ1) is 17.0. The Bertz CT molecular complexity index is 785. The number of carbonyl (C=O) groups excluding carboxylic acids is 2. The molecule has 0 aliphatic heterocycles. The van der Waals surface area contributed by atoms with E-state index < -0.39 is 20.1 Å². The molecule has 2 amide bonds. The SMILES string of the molecule is CC(=O)Nc1cc(C(=O)Nc2ccc([As](=O)(O)O)cc2)ccn1. The van der Waals surface area contributed by atoms with Crippen LogP contribution in [0.5, 0.6) is 0 Å². The van der Waals surface area contributed by atoms with Crippen molar-refractivity contribution in [2.45, 2.75) is 6.92 Å². The van der Waals surface area contributed by atoms with Gasteiger partial charge in [-0.2, -0.15) is 0 Å². The first-order valence-corrected chi connectivity index (χ1v) is 9.85. The van der Waals surface area contributed by atoms with Gasteiger partial charge in [-0.3, -0.25) is 0 Å². The fourth-order valence-corrected chi connectivity index (χ4v) is 2.89. The number of hydrogen-bond acceptors (Lipinski definition) is 4. The van der Waals surface area contributed by atoms with E-state index in [1.165, 1.54) is 49.5 Å². The fourth-order valence-electron chi connectivity index (χ4n) is 1.76. The Morgan fingerprint density at radius 3 is 2.30 bits per heavy atom. The van der Waals surface area contributed by atoms with Gasteiger partial charge in [-0.1, -0.05) is 0 Å². The van der Waals surface area contributed by atoms with Crippen molar-refractivity contribution in [2.75, 3.05) is 10.6 Å². The number of anilines is 2. The molecular formula is C14H14AsN3O5. The number of nitrogens with zero attached hydrogens (tertiary/aromatic N) is 1. The van der Waals surface area contributed by atoms with Crippen LogP contribution in [-0.4, -0.2) is 39.2 Å². The zero-order valence-electron chi connectivity index (χ0n) is 12.1. The first-order chi connectivity index (χ1) is 10.8. The van der Waals surface area contributed by atoms with E-state index in [0.29, 0.717) is 5.69 Å². The van der Waals surface area contributed by atoms with Crippen LogP contribution in [0.15, 0.2) is 42.6 Å². The second kappa shape index (κ2) is 6.78. The summed E-state index contributed by atoms with van der Waals surface area (Å²) in [4.78, 5) is 27.0. The molecule has 0 unspecified atom stereocenters. The van der Waals surface area contributed by atoms with E-state index in [9.17, 15) is 13.3 Å². The number of rotatable bonds is 4. The maximum atomic E-state index is 12.1. The van der Waals surface area contributed by atoms with Crippen molar-refractivity contribution in [3.8, 4) is 0 Å². The number of hydrogen-bond donors (Lipinski definition) is 4. The molecule has 1 heterocycles. The van der Waals surface area contributed by atoms with Crippen molar-refractivity contribution in [1.82, 2.24) is 4.98 Å². The Balaban J connectivity index is 2.13. The molecule has 4 N–H and O–H groups in total. The zero-order valence-corrected chi connectivity index (χ0v) is 13.9. The number of nitrogens with one attached hydrogen (secondary N) is 2. The standard InChI is InChI=1S/C14H14AsN3O5/c1-9(19)17-13-8-10(6-7-16-13)14(20)18-12-4-2-11(3-5-12)15(21,22)23/h2-8H,1H3,(H,18,20)(H,16,17,19)(H2,21,22,23). The fraction of sp³-hybridized carbons (Fsp3) is 0.0714. The van der Waals surface area contributed by atoms with Gasteiger partial charge in [-0.05, 0) is 0 Å². The van der Waals surface area contributed by atoms with Crippen LogP contribution in [0.2, 0.25) is 0 Å². The van der Waals surface area contributed by atoms with Crippen molar-refractivity contribution in [3.05, 3.63) is 48.2 Å². The van der Waals surface area contributed by atoms with Gasteiger partial charge in [0.25, 0.3) is 0 Å². The Labute approximate surface area is 134 Å². The Kier molecular flexibility index (Phi) is 5.00. The van der Waals surface area contributed by atoms with E-state index >= 15 is 0 Å². The molecule has 0 aliphatic carbocycles. The predicted octanol–water partition coefficient (Wildman–Crippen LogP) is -0.147. The molecular weight excluding hydrogens is 365 g/mol. The van der Waals surface area contributed by atoms with Crippen molar-refractivity contribution < 1.29 is 21.5 Å². The molecule has 9 heteroatoms. The van der Waals surface area contributed by atoms with Crippen LogP contribution in [0.3, 0.4) is 0 Å². The summed E-state index contributed by atoms with van der Waals surface area (Å²) in [7, 11) is 0. The molecule has 0 atom stereocenters. The monoisotopic (exact) mass is 379 g/mol. The van der Waals surface area contributed by atoms with E-state index in [1.54, 1.807) is 0 Å². The molecule has 2 aromatic rings. The van der Waals surface area contributed by atoms with Crippen LogP contribution in [0, 0.1) is 0 Å². The van der Waals surface area contributed by atoms with E-state index in [2.05, 4.69) is 15.6 Å². The van der Waals surface area contributed by atoms with Gasteiger partial charge in [0.05, 0.1) is 0 Å². The Morgan fingerprint density at radius 1 is 1.09 bits per heavy atom. The summed E-state index contributed by atoms with van der Waals surface area (Å²) in [5.41, 5.74) is 0.674. The van der Waals surface area contributed by atoms with Crippen molar-refractivity contribution in [3.63, 3.8) is 0 Å². The summed E-state index contributed by atoms with van der Waals surface area (Å²) >= 11 is -4.93. The number of carbonyl (C=O) groups is 2. The summed E-state index contributed by atoms with van der Waals surface area (Å²) in [5, 5.41) is 5.07. The van der Waals surface area contributed by atoms with Gasteiger partial charge in [0.15, 0.2) is 0 Å². The van der Waals surface area contributed by atoms with Crippen molar-refractivity contribution in [1.29, 1.82) is 0 Å². The van der Waals surface area contributed by atoms with E-state index in [4.69, 9.17) is 8.19 Å². The molecule has 0 saturated carbocycles. The van der Waals surface area contributed by atoms with Crippen LogP contribution < -0.4 is 15.0 Å².